The van der Waals surface area contributed by atoms with Crippen molar-refractivity contribution in [1.82, 2.24) is 4.90 Å². The molecule has 0 bridgehead atoms. The number of likely N-dealkylation sites (tertiary alicyclic amines) is 1. The molecule has 1 fully saturated rings. The van der Waals surface area contributed by atoms with Gasteiger partial charge in [-0.2, -0.15) is 0 Å². The molecule has 1 heterocycles. The van der Waals surface area contributed by atoms with Gasteiger partial charge >= 0.3 is 0 Å². The molecule has 1 saturated heterocycles. The monoisotopic (exact) mass is 311 g/mol. The van der Waals surface area contributed by atoms with Gasteiger partial charge in [-0.15, -0.1) is 0 Å². The maximum absolute atomic E-state index is 10.2. The Labute approximate surface area is 118 Å². The van der Waals surface area contributed by atoms with Gasteiger partial charge in [0.05, 0.1) is 6.10 Å². The highest BCUT2D eigenvalue weighted by Crippen LogP contribution is 2.26. The number of aliphatic hydroxyl groups excluding tert-OH is 1. The summed E-state index contributed by atoms with van der Waals surface area (Å²) in [6, 6.07) is 7.94. The first-order valence-electron chi connectivity index (χ1n) is 6.85. The van der Waals surface area contributed by atoms with Crippen LogP contribution in [0.1, 0.15) is 37.9 Å². The molecule has 2 rings (SSSR count). The second-order valence-corrected chi connectivity index (χ2v) is 6.04. The number of halogens is 1. The fourth-order valence-electron chi connectivity index (χ4n) is 2.65. The average molecular weight is 312 g/mol. The predicted molar refractivity (Wildman–Crippen MR) is 78.6 cm³/mol. The van der Waals surface area contributed by atoms with Crippen molar-refractivity contribution < 1.29 is 5.11 Å². The van der Waals surface area contributed by atoms with Crippen LogP contribution in [0, 0.1) is 5.92 Å². The molecular weight excluding hydrogens is 290 g/mol. The molecule has 0 aromatic heterocycles. The molecule has 0 spiro atoms. The van der Waals surface area contributed by atoms with Gasteiger partial charge in [0.25, 0.3) is 0 Å². The third kappa shape index (κ3) is 3.56. The minimum absolute atomic E-state index is 0.360. The van der Waals surface area contributed by atoms with Crippen LogP contribution >= 0.6 is 15.9 Å². The number of benzene rings is 1. The molecule has 0 saturated carbocycles. The fourth-order valence-corrected chi connectivity index (χ4v) is 3.20. The van der Waals surface area contributed by atoms with Gasteiger partial charge in [0.1, 0.15) is 0 Å². The molecule has 2 atom stereocenters. The molecule has 2 nitrogen and oxygen atoms in total. The van der Waals surface area contributed by atoms with Gasteiger partial charge in [0.2, 0.25) is 0 Å². The zero-order valence-corrected chi connectivity index (χ0v) is 12.6. The molecule has 1 aliphatic rings. The molecular formula is C15H22BrNO. The molecule has 1 N–H and O–H groups in total. The number of rotatable bonds is 5. The van der Waals surface area contributed by atoms with E-state index in [1.54, 1.807) is 0 Å². The van der Waals surface area contributed by atoms with Crippen molar-refractivity contribution in [2.24, 2.45) is 5.92 Å². The Hall–Kier alpha value is -0.380. The van der Waals surface area contributed by atoms with Crippen LogP contribution in [0.5, 0.6) is 0 Å². The first kappa shape index (κ1) is 14.0. The van der Waals surface area contributed by atoms with E-state index in [2.05, 4.69) is 27.8 Å². The quantitative estimate of drug-likeness (QED) is 0.898. The van der Waals surface area contributed by atoms with E-state index in [-0.39, 0.29) is 6.10 Å². The Morgan fingerprint density at radius 2 is 2.22 bits per heavy atom. The van der Waals surface area contributed by atoms with E-state index in [0.717, 1.165) is 28.9 Å². The van der Waals surface area contributed by atoms with E-state index >= 15 is 0 Å². The Balaban J connectivity index is 1.82. The van der Waals surface area contributed by atoms with Crippen LogP contribution in [0.15, 0.2) is 28.7 Å². The molecule has 0 amide bonds. The van der Waals surface area contributed by atoms with Crippen molar-refractivity contribution in [3.05, 3.63) is 34.3 Å². The standard InChI is InChI=1S/C15H22BrNO/c1-2-12-7-9-17(11-12)10-8-15(18)13-5-3-4-6-14(13)16/h3-6,12,15,18H,2,7-11H2,1H3. The van der Waals surface area contributed by atoms with E-state index in [1.807, 2.05) is 24.3 Å². The summed E-state index contributed by atoms with van der Waals surface area (Å²) in [5.74, 6) is 0.866. The van der Waals surface area contributed by atoms with Gasteiger partial charge in [-0.1, -0.05) is 47.5 Å². The molecule has 18 heavy (non-hydrogen) atoms. The summed E-state index contributed by atoms with van der Waals surface area (Å²) in [6.07, 6.45) is 3.06. The van der Waals surface area contributed by atoms with Crippen molar-refractivity contribution in [2.75, 3.05) is 19.6 Å². The third-order valence-corrected chi connectivity index (χ3v) is 4.65. The van der Waals surface area contributed by atoms with Crippen LogP contribution in [0.2, 0.25) is 0 Å². The smallest absolute Gasteiger partial charge is 0.0813 e. The zero-order valence-electron chi connectivity index (χ0n) is 11.0. The Morgan fingerprint density at radius 1 is 1.44 bits per heavy atom. The van der Waals surface area contributed by atoms with Gasteiger partial charge in [-0.3, -0.25) is 0 Å². The first-order valence-corrected chi connectivity index (χ1v) is 7.64. The van der Waals surface area contributed by atoms with Gasteiger partial charge in [-0.25, -0.2) is 0 Å². The molecule has 0 radical (unpaired) electrons. The molecule has 3 heteroatoms. The summed E-state index contributed by atoms with van der Waals surface area (Å²) in [7, 11) is 0. The second kappa shape index (κ2) is 6.69. The van der Waals surface area contributed by atoms with Gasteiger partial charge in [0, 0.05) is 17.6 Å². The van der Waals surface area contributed by atoms with Crippen LogP contribution in [-0.4, -0.2) is 29.6 Å². The van der Waals surface area contributed by atoms with Crippen molar-refractivity contribution in [1.29, 1.82) is 0 Å². The maximum atomic E-state index is 10.2. The summed E-state index contributed by atoms with van der Waals surface area (Å²) in [6.45, 7) is 5.67. The fraction of sp³-hybridized carbons (Fsp3) is 0.600. The molecule has 100 valence electrons. The van der Waals surface area contributed by atoms with Crippen LogP contribution < -0.4 is 0 Å². The van der Waals surface area contributed by atoms with Crippen molar-refractivity contribution in [3.8, 4) is 0 Å². The summed E-state index contributed by atoms with van der Waals surface area (Å²) in [5.41, 5.74) is 1.00. The van der Waals surface area contributed by atoms with E-state index in [0.29, 0.717) is 0 Å². The topological polar surface area (TPSA) is 23.5 Å². The van der Waals surface area contributed by atoms with Crippen molar-refractivity contribution in [2.45, 2.75) is 32.3 Å². The molecule has 0 aliphatic carbocycles. The summed E-state index contributed by atoms with van der Waals surface area (Å²) in [4.78, 5) is 2.48. The molecule has 1 aromatic rings. The normalized spacial score (nSPS) is 22.3. The lowest BCUT2D eigenvalue weighted by Gasteiger charge is -2.19. The lowest BCUT2D eigenvalue weighted by atomic mass is 10.1. The highest BCUT2D eigenvalue weighted by molar-refractivity contribution is 9.10. The summed E-state index contributed by atoms with van der Waals surface area (Å²) in [5, 5.41) is 10.2. The molecule has 2 unspecified atom stereocenters. The van der Waals surface area contributed by atoms with Gasteiger partial charge in [0.15, 0.2) is 0 Å². The third-order valence-electron chi connectivity index (χ3n) is 3.93. The summed E-state index contributed by atoms with van der Waals surface area (Å²) >= 11 is 3.50. The second-order valence-electron chi connectivity index (χ2n) is 5.19. The van der Waals surface area contributed by atoms with Gasteiger partial charge in [-0.05, 0) is 36.9 Å². The lowest BCUT2D eigenvalue weighted by Crippen LogP contribution is -2.23. The molecule has 1 aromatic carbocycles. The van der Waals surface area contributed by atoms with Crippen LogP contribution in [-0.2, 0) is 0 Å². The highest BCUT2D eigenvalue weighted by atomic mass is 79.9. The minimum atomic E-state index is -0.360. The summed E-state index contributed by atoms with van der Waals surface area (Å²) < 4.78 is 1.00. The minimum Gasteiger partial charge on any atom is -0.388 e. The Bertz CT molecular complexity index is 383. The molecule has 1 aliphatic heterocycles. The van der Waals surface area contributed by atoms with Crippen molar-refractivity contribution in [3.63, 3.8) is 0 Å². The number of hydrogen-bond donors (Lipinski definition) is 1. The Morgan fingerprint density at radius 3 is 2.89 bits per heavy atom. The van der Waals surface area contributed by atoms with E-state index in [4.69, 9.17) is 0 Å². The van der Waals surface area contributed by atoms with Crippen LogP contribution in [0.3, 0.4) is 0 Å². The number of aliphatic hydroxyl groups is 1. The van der Waals surface area contributed by atoms with Crippen LogP contribution in [0.25, 0.3) is 0 Å². The van der Waals surface area contributed by atoms with E-state index in [1.165, 1.54) is 25.9 Å². The largest absolute Gasteiger partial charge is 0.388 e. The average Bonchev–Trinajstić information content (AvgIpc) is 2.84. The zero-order chi connectivity index (χ0) is 13.0. The van der Waals surface area contributed by atoms with Crippen LogP contribution in [0.4, 0.5) is 0 Å². The first-order chi connectivity index (χ1) is 8.70. The maximum Gasteiger partial charge on any atom is 0.0813 e. The number of hydrogen-bond acceptors (Lipinski definition) is 2. The Kier molecular flexibility index (Phi) is 5.22. The van der Waals surface area contributed by atoms with E-state index < -0.39 is 0 Å². The lowest BCUT2D eigenvalue weighted by molar-refractivity contribution is 0.147. The highest BCUT2D eigenvalue weighted by Gasteiger charge is 2.21. The number of nitrogens with zero attached hydrogens (tertiary/aromatic N) is 1. The predicted octanol–water partition coefficient (Wildman–Crippen LogP) is 3.60. The van der Waals surface area contributed by atoms with E-state index in [9.17, 15) is 5.11 Å². The SMILES string of the molecule is CCC1CCN(CCC(O)c2ccccc2Br)C1. The van der Waals surface area contributed by atoms with Crippen molar-refractivity contribution >= 4 is 15.9 Å². The van der Waals surface area contributed by atoms with Gasteiger partial charge < -0.3 is 10.0 Å².